The Balaban J connectivity index is 1.91. The van der Waals surface area contributed by atoms with Crippen molar-refractivity contribution in [2.45, 2.75) is 37.5 Å². The fourth-order valence-electron chi connectivity index (χ4n) is 3.48. The van der Waals surface area contributed by atoms with Crippen molar-refractivity contribution >= 4 is 34.7 Å². The average molecular weight is 472 g/mol. The lowest BCUT2D eigenvalue weighted by Crippen LogP contribution is -2.48. The molecule has 7 nitrogen and oxygen atoms in total. The number of thioether (sulfide) groups is 1. The molecule has 1 amide bonds. The van der Waals surface area contributed by atoms with Crippen LogP contribution >= 0.6 is 11.8 Å². The number of rotatable bonds is 6. The van der Waals surface area contributed by atoms with Gasteiger partial charge in [0.25, 0.3) is 0 Å². The third-order valence-corrected chi connectivity index (χ3v) is 6.19. The molecule has 1 aromatic carbocycles. The molecule has 0 saturated heterocycles. The van der Waals surface area contributed by atoms with Crippen LogP contribution in [0.4, 0.5) is 8.78 Å². The molecule has 0 aliphatic carbocycles. The number of nitrogens with two attached hydrogens (primary N) is 2. The van der Waals surface area contributed by atoms with Crippen LogP contribution in [-0.2, 0) is 10.3 Å². The Morgan fingerprint density at radius 2 is 2.09 bits per heavy atom. The molecule has 0 radical (unpaired) electrons. The SMILES string of the molecule is CC#CCOc1cnc(/C(F)=C/c2ccc(F)c([C@]3(C)C[C@](C)(C(N)=O)SC(N)=N3)c2)cn1. The van der Waals surface area contributed by atoms with Crippen LogP contribution in [0.2, 0.25) is 0 Å². The number of primary amides is 1. The fourth-order valence-corrected chi connectivity index (χ4v) is 4.65. The van der Waals surface area contributed by atoms with Crippen molar-refractivity contribution in [2.75, 3.05) is 6.61 Å². The highest BCUT2D eigenvalue weighted by molar-refractivity contribution is 8.15. The van der Waals surface area contributed by atoms with E-state index in [9.17, 15) is 13.6 Å². The van der Waals surface area contributed by atoms with Crippen molar-refractivity contribution in [2.24, 2.45) is 16.5 Å². The molecule has 0 fully saturated rings. The number of halogens is 2. The first-order valence-corrected chi connectivity index (χ1v) is 10.7. The molecule has 1 aliphatic heterocycles. The molecule has 3 rings (SSSR count). The molecular weight excluding hydrogens is 448 g/mol. The molecule has 0 saturated carbocycles. The van der Waals surface area contributed by atoms with Gasteiger partial charge in [0.1, 0.15) is 16.3 Å². The van der Waals surface area contributed by atoms with Gasteiger partial charge in [0.05, 0.1) is 17.9 Å². The first kappa shape index (κ1) is 24.2. The summed E-state index contributed by atoms with van der Waals surface area (Å²) >= 11 is 1.04. The number of nitrogens with zero attached hydrogens (tertiary/aromatic N) is 3. The highest BCUT2D eigenvalue weighted by Gasteiger charge is 2.46. The molecule has 0 bridgehead atoms. The zero-order chi connectivity index (χ0) is 24.2. The monoisotopic (exact) mass is 471 g/mol. The number of aromatic nitrogens is 2. The molecule has 0 unspecified atom stereocenters. The predicted octanol–water partition coefficient (Wildman–Crippen LogP) is 3.40. The Morgan fingerprint density at radius 1 is 1.33 bits per heavy atom. The fraction of sp³-hybridized carbons (Fsp3) is 0.304. The molecule has 2 heterocycles. The topological polar surface area (TPSA) is 116 Å². The quantitative estimate of drug-likeness (QED) is 0.624. The van der Waals surface area contributed by atoms with Gasteiger partial charge < -0.3 is 16.2 Å². The number of carbonyl (C=O) groups is 1. The van der Waals surface area contributed by atoms with E-state index >= 15 is 0 Å². The van der Waals surface area contributed by atoms with Crippen LogP contribution in [0.3, 0.4) is 0 Å². The smallest absolute Gasteiger partial charge is 0.233 e. The van der Waals surface area contributed by atoms with Crippen molar-refractivity contribution < 1.29 is 18.3 Å². The van der Waals surface area contributed by atoms with Gasteiger partial charge >= 0.3 is 0 Å². The second kappa shape index (κ2) is 9.58. The predicted molar refractivity (Wildman–Crippen MR) is 125 cm³/mol. The molecule has 0 spiro atoms. The highest BCUT2D eigenvalue weighted by atomic mass is 32.2. The third kappa shape index (κ3) is 5.49. The van der Waals surface area contributed by atoms with Crippen molar-refractivity contribution in [1.82, 2.24) is 9.97 Å². The zero-order valence-electron chi connectivity index (χ0n) is 18.4. The number of hydrogen-bond donors (Lipinski definition) is 2. The summed E-state index contributed by atoms with van der Waals surface area (Å²) in [5, 5.41) is 0.124. The number of benzene rings is 1. The van der Waals surface area contributed by atoms with Gasteiger partial charge in [0, 0.05) is 12.0 Å². The van der Waals surface area contributed by atoms with Crippen molar-refractivity contribution in [1.29, 1.82) is 0 Å². The maximum atomic E-state index is 14.8. The summed E-state index contributed by atoms with van der Waals surface area (Å²) in [5.74, 6) is 3.82. The number of ether oxygens (including phenoxy) is 1. The van der Waals surface area contributed by atoms with Crippen molar-refractivity contribution in [3.05, 3.63) is 53.2 Å². The molecule has 4 N–H and O–H groups in total. The van der Waals surface area contributed by atoms with Gasteiger partial charge in [-0.2, -0.15) is 0 Å². The van der Waals surface area contributed by atoms with Crippen LogP contribution in [0, 0.1) is 17.7 Å². The molecule has 1 aromatic heterocycles. The van der Waals surface area contributed by atoms with E-state index in [0.29, 0.717) is 5.56 Å². The molecule has 172 valence electrons. The summed E-state index contributed by atoms with van der Waals surface area (Å²) in [4.78, 5) is 24.4. The van der Waals surface area contributed by atoms with E-state index in [1.807, 2.05) is 0 Å². The molecular formula is C23H23F2N5O2S. The summed E-state index contributed by atoms with van der Waals surface area (Å²) in [6, 6.07) is 4.11. The van der Waals surface area contributed by atoms with Crippen molar-refractivity contribution in [3.63, 3.8) is 0 Å². The van der Waals surface area contributed by atoms with Gasteiger partial charge in [0.15, 0.2) is 17.6 Å². The summed E-state index contributed by atoms with van der Waals surface area (Å²) in [5.41, 5.74) is 10.9. The lowest BCUT2D eigenvalue weighted by molar-refractivity contribution is -0.120. The van der Waals surface area contributed by atoms with Crippen LogP contribution < -0.4 is 16.2 Å². The molecule has 2 atom stereocenters. The average Bonchev–Trinajstić information content (AvgIpc) is 2.74. The zero-order valence-corrected chi connectivity index (χ0v) is 19.2. The van der Waals surface area contributed by atoms with Gasteiger partial charge in [-0.05, 0) is 44.5 Å². The first-order valence-electron chi connectivity index (χ1n) is 9.92. The third-order valence-electron chi connectivity index (χ3n) is 5.10. The van der Waals surface area contributed by atoms with Crippen LogP contribution in [0.1, 0.15) is 44.0 Å². The normalized spacial score (nSPS) is 22.7. The van der Waals surface area contributed by atoms with Gasteiger partial charge in [-0.15, -0.1) is 5.92 Å². The number of amidine groups is 1. The second-order valence-corrected chi connectivity index (χ2v) is 9.31. The number of carbonyl (C=O) groups excluding carboxylic acids is 1. The van der Waals surface area contributed by atoms with Crippen molar-refractivity contribution in [3.8, 4) is 17.7 Å². The van der Waals surface area contributed by atoms with E-state index in [1.165, 1.54) is 36.7 Å². The Morgan fingerprint density at radius 3 is 2.73 bits per heavy atom. The van der Waals surface area contributed by atoms with Crippen LogP contribution in [0.25, 0.3) is 11.9 Å². The van der Waals surface area contributed by atoms with E-state index in [1.54, 1.807) is 20.8 Å². The van der Waals surface area contributed by atoms with Gasteiger partial charge in [0.2, 0.25) is 11.8 Å². The molecule has 2 aromatic rings. The highest BCUT2D eigenvalue weighted by Crippen LogP contribution is 2.46. The minimum absolute atomic E-state index is 0.0151. The molecule has 33 heavy (non-hydrogen) atoms. The van der Waals surface area contributed by atoms with Crippen LogP contribution in [0.15, 0.2) is 35.6 Å². The maximum Gasteiger partial charge on any atom is 0.233 e. The van der Waals surface area contributed by atoms with E-state index in [2.05, 4.69) is 26.8 Å². The standard InChI is InChI=1S/C23H23F2N5O2S/c1-4-5-8-32-19-12-28-18(11-29-19)17(25)10-14-6-7-16(24)15(9-14)22(2)13-23(3,20(26)31)33-21(27)30-22/h6-7,9-12H,8,13H2,1-3H3,(H2,26,31)(H2,27,30)/b17-10-/t22-,23+/m0/s1. The maximum absolute atomic E-state index is 14.8. The second-order valence-electron chi connectivity index (χ2n) is 7.78. The first-order chi connectivity index (χ1) is 15.6. The van der Waals surface area contributed by atoms with E-state index in [4.69, 9.17) is 16.2 Å². The Labute approximate surface area is 194 Å². The Bertz CT molecular complexity index is 1190. The summed E-state index contributed by atoms with van der Waals surface area (Å²) in [6.07, 6.45) is 3.85. The minimum Gasteiger partial charge on any atom is -0.463 e. The molecule has 10 heteroatoms. The number of amides is 1. The number of hydrogen-bond acceptors (Lipinski definition) is 7. The number of aliphatic imine (C=N–C) groups is 1. The van der Waals surface area contributed by atoms with E-state index in [0.717, 1.165) is 11.8 Å². The minimum atomic E-state index is -1.16. The van der Waals surface area contributed by atoms with Gasteiger partial charge in [-0.3, -0.25) is 9.79 Å². The lowest BCUT2D eigenvalue weighted by Gasteiger charge is -2.39. The Kier molecular flexibility index (Phi) is 7.03. The summed E-state index contributed by atoms with van der Waals surface area (Å²) in [6.45, 7) is 5.14. The van der Waals surface area contributed by atoms with Crippen LogP contribution in [0.5, 0.6) is 5.88 Å². The molecule has 1 aliphatic rings. The van der Waals surface area contributed by atoms with Gasteiger partial charge in [-0.25, -0.2) is 18.7 Å². The van der Waals surface area contributed by atoms with Gasteiger partial charge in [-0.1, -0.05) is 23.7 Å². The van der Waals surface area contributed by atoms with E-state index < -0.39 is 27.8 Å². The van der Waals surface area contributed by atoms with Crippen LogP contribution in [-0.4, -0.2) is 32.4 Å². The Hall–Kier alpha value is -3.45. The van der Waals surface area contributed by atoms with E-state index in [-0.39, 0.29) is 35.3 Å². The largest absolute Gasteiger partial charge is 0.463 e. The lowest BCUT2D eigenvalue weighted by atomic mass is 9.82. The summed E-state index contributed by atoms with van der Waals surface area (Å²) < 4.78 is 33.8. The summed E-state index contributed by atoms with van der Waals surface area (Å²) in [7, 11) is 0.